The molecule has 3 heterocycles. The first-order valence-electron chi connectivity index (χ1n) is 8.48. The Bertz CT molecular complexity index is 1130. The highest BCUT2D eigenvalue weighted by Crippen LogP contribution is 2.24. The molecule has 0 saturated heterocycles. The van der Waals surface area contributed by atoms with Gasteiger partial charge in [-0.1, -0.05) is 29.8 Å². The predicted molar refractivity (Wildman–Crippen MR) is 105 cm³/mol. The van der Waals surface area contributed by atoms with E-state index in [-0.39, 0.29) is 11.9 Å². The number of aromatic amines is 1. The number of anilines is 1. The van der Waals surface area contributed by atoms with Gasteiger partial charge in [0.05, 0.1) is 10.5 Å². The molecule has 0 fully saturated rings. The van der Waals surface area contributed by atoms with Crippen LogP contribution in [0.15, 0.2) is 48.8 Å². The summed E-state index contributed by atoms with van der Waals surface area (Å²) in [6, 6.07) is 12.9. The van der Waals surface area contributed by atoms with E-state index in [2.05, 4.69) is 25.5 Å². The molecule has 0 spiro atoms. The fourth-order valence-electron chi connectivity index (χ4n) is 2.86. The third-order valence-corrected chi connectivity index (χ3v) is 4.51. The lowest BCUT2D eigenvalue weighted by Crippen LogP contribution is -2.13. The van der Waals surface area contributed by atoms with Gasteiger partial charge < -0.3 is 14.9 Å². The molecule has 0 aliphatic carbocycles. The lowest BCUT2D eigenvalue weighted by molar-refractivity contribution is 0.102. The summed E-state index contributed by atoms with van der Waals surface area (Å²) in [4.78, 5) is 20.2. The number of H-pyrrole nitrogens is 1. The van der Waals surface area contributed by atoms with E-state index in [0.717, 1.165) is 10.9 Å². The fourth-order valence-corrected chi connectivity index (χ4v) is 3.09. The normalized spacial score (nSPS) is 11.3. The Morgan fingerprint density at radius 3 is 2.81 bits per heavy atom. The third-order valence-electron chi connectivity index (χ3n) is 4.20. The summed E-state index contributed by atoms with van der Waals surface area (Å²) in [6.07, 6.45) is 1.67. The number of nitrogens with zero attached hydrogens (tertiary/aromatic N) is 4. The van der Waals surface area contributed by atoms with Crippen LogP contribution in [0, 0.1) is 0 Å². The number of aromatic nitrogens is 5. The maximum Gasteiger partial charge on any atom is 0.273 e. The van der Waals surface area contributed by atoms with Gasteiger partial charge in [0.1, 0.15) is 23.5 Å². The number of amides is 1. The average Bonchev–Trinajstić information content (AvgIpc) is 3.30. The largest absolute Gasteiger partial charge is 0.349 e. The van der Waals surface area contributed by atoms with Crippen LogP contribution in [-0.2, 0) is 0 Å². The van der Waals surface area contributed by atoms with Gasteiger partial charge in [0.25, 0.3) is 5.91 Å². The predicted octanol–water partition coefficient (Wildman–Crippen LogP) is 4.31. The second-order valence-electron chi connectivity index (χ2n) is 6.40. The quantitative estimate of drug-likeness (QED) is 0.552. The van der Waals surface area contributed by atoms with Crippen molar-refractivity contribution in [1.82, 2.24) is 24.7 Å². The van der Waals surface area contributed by atoms with E-state index in [9.17, 15) is 4.79 Å². The highest BCUT2D eigenvalue weighted by Gasteiger charge is 2.14. The summed E-state index contributed by atoms with van der Waals surface area (Å²) >= 11 is 6.16. The van der Waals surface area contributed by atoms with E-state index in [1.807, 2.05) is 42.7 Å². The molecule has 4 rings (SSSR count). The molecular formula is C19H17ClN6O. The summed E-state index contributed by atoms with van der Waals surface area (Å²) in [5.41, 5.74) is 1.78. The Kier molecular flexibility index (Phi) is 4.37. The summed E-state index contributed by atoms with van der Waals surface area (Å²) in [7, 11) is 0. The molecule has 1 amide bonds. The Morgan fingerprint density at radius 2 is 2.04 bits per heavy atom. The minimum atomic E-state index is -0.294. The lowest BCUT2D eigenvalue weighted by atomic mass is 10.2. The number of carbonyl (C=O) groups is 1. The van der Waals surface area contributed by atoms with Crippen LogP contribution in [0.3, 0.4) is 0 Å². The number of hydrogen-bond donors (Lipinski definition) is 2. The van der Waals surface area contributed by atoms with Crippen molar-refractivity contribution in [2.75, 3.05) is 5.32 Å². The van der Waals surface area contributed by atoms with Crippen LogP contribution in [-0.4, -0.2) is 30.6 Å². The first-order chi connectivity index (χ1) is 13.0. The molecule has 2 N–H and O–H groups in total. The Balaban J connectivity index is 1.61. The Hall–Kier alpha value is -3.19. The van der Waals surface area contributed by atoms with Gasteiger partial charge in [0.15, 0.2) is 5.82 Å². The minimum absolute atomic E-state index is 0.200. The number of nitrogens with one attached hydrogen (secondary N) is 2. The van der Waals surface area contributed by atoms with E-state index in [1.165, 1.54) is 0 Å². The van der Waals surface area contributed by atoms with E-state index < -0.39 is 0 Å². The zero-order valence-electron chi connectivity index (χ0n) is 14.8. The number of hydrogen-bond acceptors (Lipinski definition) is 4. The molecule has 27 heavy (non-hydrogen) atoms. The van der Waals surface area contributed by atoms with Crippen molar-refractivity contribution in [2.24, 2.45) is 0 Å². The fraction of sp³-hybridized carbons (Fsp3) is 0.158. The molecule has 0 aliphatic rings. The minimum Gasteiger partial charge on any atom is -0.349 e. The summed E-state index contributed by atoms with van der Waals surface area (Å²) < 4.78 is 1.92. The van der Waals surface area contributed by atoms with Crippen LogP contribution in [0.1, 0.15) is 30.4 Å². The number of benzene rings is 1. The molecule has 0 saturated carbocycles. The number of rotatable bonds is 4. The van der Waals surface area contributed by atoms with Crippen molar-refractivity contribution >= 4 is 34.2 Å². The van der Waals surface area contributed by atoms with Gasteiger partial charge in [-0.05, 0) is 38.1 Å². The Morgan fingerprint density at radius 1 is 1.22 bits per heavy atom. The summed E-state index contributed by atoms with van der Waals surface area (Å²) in [6.45, 7) is 4.08. The van der Waals surface area contributed by atoms with Crippen molar-refractivity contribution < 1.29 is 4.79 Å². The molecular weight excluding hydrogens is 364 g/mol. The maximum atomic E-state index is 12.6. The highest BCUT2D eigenvalue weighted by atomic mass is 35.5. The molecule has 136 valence electrons. The van der Waals surface area contributed by atoms with Crippen LogP contribution in [0.25, 0.3) is 22.4 Å². The molecule has 0 unspecified atom stereocenters. The van der Waals surface area contributed by atoms with Gasteiger partial charge in [-0.3, -0.25) is 4.79 Å². The van der Waals surface area contributed by atoms with E-state index in [1.54, 1.807) is 24.5 Å². The SMILES string of the molecule is CC(C)n1cnnc1-c1cccc(NC(=O)c2cc3cccc(Cl)c3[nH]2)n1. The molecule has 0 bridgehead atoms. The summed E-state index contributed by atoms with van der Waals surface area (Å²) in [5.74, 6) is 0.788. The smallest absolute Gasteiger partial charge is 0.273 e. The zero-order valence-corrected chi connectivity index (χ0v) is 15.5. The van der Waals surface area contributed by atoms with E-state index in [4.69, 9.17) is 11.6 Å². The van der Waals surface area contributed by atoms with E-state index >= 15 is 0 Å². The monoisotopic (exact) mass is 380 g/mol. The van der Waals surface area contributed by atoms with Gasteiger partial charge >= 0.3 is 0 Å². The number of para-hydroxylation sites is 1. The van der Waals surface area contributed by atoms with E-state index in [0.29, 0.717) is 28.1 Å². The van der Waals surface area contributed by atoms with Gasteiger partial charge in [-0.25, -0.2) is 4.98 Å². The van der Waals surface area contributed by atoms with Crippen molar-refractivity contribution in [2.45, 2.75) is 19.9 Å². The van der Waals surface area contributed by atoms with Crippen LogP contribution in [0.5, 0.6) is 0 Å². The van der Waals surface area contributed by atoms with Crippen LogP contribution in [0.4, 0.5) is 5.82 Å². The molecule has 1 aromatic carbocycles. The van der Waals surface area contributed by atoms with Crippen molar-refractivity contribution in [1.29, 1.82) is 0 Å². The van der Waals surface area contributed by atoms with Crippen molar-refractivity contribution in [3.63, 3.8) is 0 Å². The third kappa shape index (κ3) is 3.29. The molecule has 0 atom stereocenters. The molecule has 7 nitrogen and oxygen atoms in total. The molecule has 4 aromatic rings. The zero-order chi connectivity index (χ0) is 19.0. The standard InChI is InChI=1S/C19H17ClN6O/c1-11(2)26-10-21-25-18(26)14-7-4-8-16(22-14)24-19(27)15-9-12-5-3-6-13(20)17(12)23-15/h3-11,23H,1-2H3,(H,22,24,27). The first kappa shape index (κ1) is 17.2. The second kappa shape index (κ2) is 6.85. The number of carbonyl (C=O) groups excluding carboxylic acids is 1. The van der Waals surface area contributed by atoms with Gasteiger partial charge in [0, 0.05) is 11.4 Å². The highest BCUT2D eigenvalue weighted by molar-refractivity contribution is 6.35. The van der Waals surface area contributed by atoms with Gasteiger partial charge in [-0.15, -0.1) is 10.2 Å². The molecule has 8 heteroatoms. The van der Waals surface area contributed by atoms with Crippen molar-refractivity contribution in [3.8, 4) is 11.5 Å². The second-order valence-corrected chi connectivity index (χ2v) is 6.81. The number of pyridine rings is 1. The van der Waals surface area contributed by atoms with Crippen LogP contribution >= 0.6 is 11.6 Å². The number of halogens is 1. The first-order valence-corrected chi connectivity index (χ1v) is 8.86. The maximum absolute atomic E-state index is 12.6. The molecule has 0 radical (unpaired) electrons. The van der Waals surface area contributed by atoms with Crippen molar-refractivity contribution in [3.05, 3.63) is 59.5 Å². The summed E-state index contributed by atoms with van der Waals surface area (Å²) in [5, 5.41) is 12.4. The molecule has 3 aromatic heterocycles. The van der Waals surface area contributed by atoms with Crippen LogP contribution in [0.2, 0.25) is 5.02 Å². The average molecular weight is 381 g/mol. The molecule has 0 aliphatic heterocycles. The Labute approximate surface area is 160 Å². The van der Waals surface area contributed by atoms with Gasteiger partial charge in [0.2, 0.25) is 0 Å². The topological polar surface area (TPSA) is 88.5 Å². The van der Waals surface area contributed by atoms with Gasteiger partial charge in [-0.2, -0.15) is 0 Å². The number of fused-ring (bicyclic) bond motifs is 1. The van der Waals surface area contributed by atoms with Crippen LogP contribution < -0.4 is 5.32 Å². The lowest BCUT2D eigenvalue weighted by Gasteiger charge is -2.10.